The second kappa shape index (κ2) is 4.93. The van der Waals surface area contributed by atoms with E-state index in [-0.39, 0.29) is 11.6 Å². The van der Waals surface area contributed by atoms with Gasteiger partial charge in [0, 0.05) is 12.1 Å². The lowest BCUT2D eigenvalue weighted by Crippen LogP contribution is -2.62. The van der Waals surface area contributed by atoms with Gasteiger partial charge in [0.25, 0.3) is 0 Å². The van der Waals surface area contributed by atoms with E-state index >= 15 is 0 Å². The lowest BCUT2D eigenvalue weighted by molar-refractivity contribution is -0.0155. The molecule has 0 atom stereocenters. The van der Waals surface area contributed by atoms with Gasteiger partial charge in [0.2, 0.25) is 0 Å². The van der Waals surface area contributed by atoms with Crippen molar-refractivity contribution in [3.63, 3.8) is 0 Å². The quantitative estimate of drug-likeness (QED) is 0.792. The highest BCUT2D eigenvalue weighted by Gasteiger charge is 2.51. The maximum atomic E-state index is 12.7. The molecule has 0 unspecified atom stereocenters. The first kappa shape index (κ1) is 13.5. The standard InChI is InChI=1S/C18H26N2O/c1-2-5-20(12-13-3-4-13)17(21)19-18-9-14-6-15(10-18)8-16(7-14)11-18/h1,13-16H,3-12H2,(H,19,21). The zero-order chi connectivity index (χ0) is 14.4. The fraction of sp³-hybridized carbons (Fsp3) is 0.833. The summed E-state index contributed by atoms with van der Waals surface area (Å²) in [6, 6.07) is 0.0989. The average molecular weight is 286 g/mol. The molecule has 0 aromatic heterocycles. The van der Waals surface area contributed by atoms with E-state index in [0.717, 1.165) is 24.3 Å². The summed E-state index contributed by atoms with van der Waals surface area (Å²) in [7, 11) is 0. The molecule has 1 N–H and O–H groups in total. The molecule has 0 heterocycles. The molecule has 3 heteroatoms. The summed E-state index contributed by atoms with van der Waals surface area (Å²) in [5.74, 6) is 5.94. The van der Waals surface area contributed by atoms with E-state index in [9.17, 15) is 4.79 Å². The summed E-state index contributed by atoms with van der Waals surface area (Å²) in [5, 5.41) is 3.43. The van der Waals surface area contributed by atoms with Gasteiger partial charge in [-0.15, -0.1) is 6.42 Å². The highest BCUT2D eigenvalue weighted by molar-refractivity contribution is 5.75. The molecule has 5 saturated carbocycles. The van der Waals surface area contributed by atoms with Crippen LogP contribution >= 0.6 is 0 Å². The largest absolute Gasteiger partial charge is 0.333 e. The van der Waals surface area contributed by atoms with Crippen molar-refractivity contribution in [3.05, 3.63) is 0 Å². The van der Waals surface area contributed by atoms with E-state index < -0.39 is 0 Å². The lowest BCUT2D eigenvalue weighted by atomic mass is 9.53. The molecule has 0 aromatic rings. The molecule has 2 amide bonds. The van der Waals surface area contributed by atoms with Crippen molar-refractivity contribution < 1.29 is 4.79 Å². The third kappa shape index (κ3) is 2.65. The first-order valence-corrected chi connectivity index (χ1v) is 8.66. The van der Waals surface area contributed by atoms with E-state index in [2.05, 4.69) is 11.2 Å². The first-order chi connectivity index (χ1) is 10.2. The minimum absolute atomic E-state index is 0.0989. The molecule has 0 aliphatic heterocycles. The minimum atomic E-state index is 0.0989. The van der Waals surface area contributed by atoms with Gasteiger partial charge in [-0.25, -0.2) is 4.79 Å². The van der Waals surface area contributed by atoms with Crippen LogP contribution in [-0.2, 0) is 0 Å². The van der Waals surface area contributed by atoms with Crippen LogP contribution in [0.4, 0.5) is 4.79 Å². The van der Waals surface area contributed by atoms with Crippen LogP contribution in [0.15, 0.2) is 0 Å². The molecule has 21 heavy (non-hydrogen) atoms. The maximum Gasteiger partial charge on any atom is 0.318 e. The molecule has 0 radical (unpaired) electrons. The summed E-state index contributed by atoms with van der Waals surface area (Å²) >= 11 is 0. The van der Waals surface area contributed by atoms with E-state index in [1.54, 1.807) is 0 Å². The number of amides is 2. The predicted molar refractivity (Wildman–Crippen MR) is 82.6 cm³/mol. The topological polar surface area (TPSA) is 32.3 Å². The molecular formula is C18H26N2O. The Morgan fingerprint density at radius 1 is 1.14 bits per heavy atom. The zero-order valence-corrected chi connectivity index (χ0v) is 12.8. The number of terminal acetylenes is 1. The fourth-order valence-corrected chi connectivity index (χ4v) is 5.51. The second-order valence-electron chi connectivity index (χ2n) is 8.16. The molecule has 4 bridgehead atoms. The van der Waals surface area contributed by atoms with Crippen LogP contribution in [0.3, 0.4) is 0 Å². The van der Waals surface area contributed by atoms with E-state index in [4.69, 9.17) is 6.42 Å². The number of nitrogens with zero attached hydrogens (tertiary/aromatic N) is 1. The molecule has 0 aromatic carbocycles. The van der Waals surface area contributed by atoms with Gasteiger partial charge >= 0.3 is 6.03 Å². The molecule has 3 nitrogen and oxygen atoms in total. The van der Waals surface area contributed by atoms with Crippen LogP contribution in [0.25, 0.3) is 0 Å². The molecule has 5 rings (SSSR count). The molecule has 5 aliphatic carbocycles. The van der Waals surface area contributed by atoms with Gasteiger partial charge in [-0.3, -0.25) is 0 Å². The van der Waals surface area contributed by atoms with Crippen molar-refractivity contribution in [2.75, 3.05) is 13.1 Å². The molecule has 0 saturated heterocycles. The highest BCUT2D eigenvalue weighted by atomic mass is 16.2. The number of nitrogens with one attached hydrogen (secondary N) is 1. The number of rotatable bonds is 4. The van der Waals surface area contributed by atoms with Gasteiger partial charge in [0.05, 0.1) is 6.54 Å². The fourth-order valence-electron chi connectivity index (χ4n) is 5.51. The smallest absolute Gasteiger partial charge is 0.318 e. The Morgan fingerprint density at radius 2 is 1.71 bits per heavy atom. The summed E-state index contributed by atoms with van der Waals surface area (Å²) in [5.41, 5.74) is 0.0994. The average Bonchev–Trinajstić information content (AvgIpc) is 3.20. The third-order valence-corrected chi connectivity index (χ3v) is 6.16. The summed E-state index contributed by atoms with van der Waals surface area (Å²) in [6.07, 6.45) is 15.8. The first-order valence-electron chi connectivity index (χ1n) is 8.66. The van der Waals surface area contributed by atoms with Gasteiger partial charge in [-0.05, 0) is 75.0 Å². The van der Waals surface area contributed by atoms with Crippen molar-refractivity contribution in [1.82, 2.24) is 10.2 Å². The lowest BCUT2D eigenvalue weighted by Gasteiger charge is -2.57. The summed E-state index contributed by atoms with van der Waals surface area (Å²) < 4.78 is 0. The Labute approximate surface area is 127 Å². The van der Waals surface area contributed by atoms with Crippen molar-refractivity contribution >= 4 is 6.03 Å². The zero-order valence-electron chi connectivity index (χ0n) is 12.8. The molecular weight excluding hydrogens is 260 g/mol. The van der Waals surface area contributed by atoms with Gasteiger partial charge in [0.1, 0.15) is 0 Å². The predicted octanol–water partition coefficient (Wildman–Crippen LogP) is 3.01. The highest BCUT2D eigenvalue weighted by Crippen LogP contribution is 2.55. The Hall–Kier alpha value is -1.17. The summed E-state index contributed by atoms with van der Waals surface area (Å²) in [6.45, 7) is 1.30. The van der Waals surface area contributed by atoms with Crippen molar-refractivity contribution in [2.45, 2.75) is 56.9 Å². The molecule has 5 aliphatic rings. The summed E-state index contributed by atoms with van der Waals surface area (Å²) in [4.78, 5) is 14.6. The Bertz CT molecular complexity index is 439. The normalized spacial score (nSPS) is 39.9. The molecule has 0 spiro atoms. The van der Waals surface area contributed by atoms with E-state index in [1.807, 2.05) is 4.90 Å². The second-order valence-corrected chi connectivity index (χ2v) is 8.16. The van der Waals surface area contributed by atoms with Crippen LogP contribution in [0, 0.1) is 36.0 Å². The van der Waals surface area contributed by atoms with Gasteiger partial charge in [0.15, 0.2) is 0 Å². The van der Waals surface area contributed by atoms with Crippen LogP contribution in [0.5, 0.6) is 0 Å². The Balaban J connectivity index is 1.44. The SMILES string of the molecule is C#CCN(CC1CC1)C(=O)NC12CC3CC(CC(C3)C1)C2. The van der Waals surface area contributed by atoms with Gasteiger partial charge in [-0.1, -0.05) is 5.92 Å². The minimum Gasteiger partial charge on any atom is -0.333 e. The number of urea groups is 1. The molecule has 114 valence electrons. The van der Waals surface area contributed by atoms with E-state index in [1.165, 1.54) is 51.4 Å². The van der Waals surface area contributed by atoms with E-state index in [0.29, 0.717) is 12.5 Å². The molecule has 5 fully saturated rings. The number of hydrogen-bond donors (Lipinski definition) is 1. The van der Waals surface area contributed by atoms with Crippen LogP contribution < -0.4 is 5.32 Å². The Morgan fingerprint density at radius 3 is 2.19 bits per heavy atom. The Kier molecular flexibility index (Phi) is 3.17. The van der Waals surface area contributed by atoms with Gasteiger partial charge < -0.3 is 10.2 Å². The maximum absolute atomic E-state index is 12.7. The van der Waals surface area contributed by atoms with Crippen molar-refractivity contribution in [3.8, 4) is 12.3 Å². The number of hydrogen-bond acceptors (Lipinski definition) is 1. The van der Waals surface area contributed by atoms with Crippen molar-refractivity contribution in [2.24, 2.45) is 23.7 Å². The number of carbonyl (C=O) groups excluding carboxylic acids is 1. The van der Waals surface area contributed by atoms with Gasteiger partial charge in [-0.2, -0.15) is 0 Å². The van der Waals surface area contributed by atoms with Crippen molar-refractivity contribution in [1.29, 1.82) is 0 Å². The van der Waals surface area contributed by atoms with Crippen LogP contribution in [0.1, 0.15) is 51.4 Å². The van der Waals surface area contributed by atoms with Crippen LogP contribution in [-0.4, -0.2) is 29.6 Å². The monoisotopic (exact) mass is 286 g/mol. The number of carbonyl (C=O) groups is 1. The van der Waals surface area contributed by atoms with Crippen LogP contribution in [0.2, 0.25) is 0 Å². The third-order valence-electron chi connectivity index (χ3n) is 6.16.